The Morgan fingerprint density at radius 3 is 2.69 bits per heavy atom. The van der Waals surface area contributed by atoms with Gasteiger partial charge >= 0.3 is 0 Å². The number of fused-ring (bicyclic) bond motifs is 1. The first-order chi connectivity index (χ1) is 15.4. The number of hydrogen-bond acceptors (Lipinski definition) is 5. The van der Waals surface area contributed by atoms with Crippen molar-refractivity contribution < 1.29 is 14.9 Å². The highest BCUT2D eigenvalue weighted by atomic mass is 32.1. The number of aromatic hydroxyl groups is 2. The Labute approximate surface area is 190 Å². The lowest BCUT2D eigenvalue weighted by Crippen LogP contribution is -2.04. The molecule has 0 radical (unpaired) electrons. The molecule has 0 bridgehead atoms. The highest BCUT2D eigenvalue weighted by Crippen LogP contribution is 2.47. The fraction of sp³-hybridized carbons (Fsp3) is 0.333. The zero-order chi connectivity index (χ0) is 22.6. The second-order valence-corrected chi connectivity index (χ2v) is 8.81. The van der Waals surface area contributed by atoms with Crippen molar-refractivity contribution in [3.05, 3.63) is 46.9 Å². The lowest BCUT2D eigenvalue weighted by atomic mass is 10.0. The van der Waals surface area contributed by atoms with Crippen molar-refractivity contribution in [2.24, 2.45) is 0 Å². The Hall–Kier alpha value is -3.26. The predicted molar refractivity (Wildman–Crippen MR) is 127 cm³/mol. The number of hydrogen-bond donors (Lipinski definition) is 3. The van der Waals surface area contributed by atoms with E-state index in [4.69, 9.17) is 17.0 Å². The lowest BCUT2D eigenvalue weighted by molar-refractivity contribution is 0.415. The summed E-state index contributed by atoms with van der Waals surface area (Å²) in [7, 11) is 1.67. The average Bonchev–Trinajstić information content (AvgIpc) is 3.41. The van der Waals surface area contributed by atoms with Crippen LogP contribution in [0.5, 0.6) is 17.2 Å². The largest absolute Gasteiger partial charge is 0.508 e. The van der Waals surface area contributed by atoms with Crippen LogP contribution in [0.2, 0.25) is 0 Å². The second-order valence-electron chi connectivity index (χ2n) is 8.42. The highest BCUT2D eigenvalue weighted by Gasteiger charge is 2.29. The van der Waals surface area contributed by atoms with Crippen molar-refractivity contribution in [2.45, 2.75) is 45.1 Å². The van der Waals surface area contributed by atoms with Gasteiger partial charge < -0.3 is 19.5 Å². The van der Waals surface area contributed by atoms with E-state index < -0.39 is 0 Å². The van der Waals surface area contributed by atoms with Crippen LogP contribution in [-0.2, 0) is 0 Å². The molecule has 4 aromatic rings. The van der Waals surface area contributed by atoms with Gasteiger partial charge in [-0.25, -0.2) is 0 Å². The summed E-state index contributed by atoms with van der Waals surface area (Å²) >= 11 is 5.60. The van der Waals surface area contributed by atoms with Crippen LogP contribution in [0.4, 0.5) is 0 Å². The van der Waals surface area contributed by atoms with E-state index in [9.17, 15) is 10.2 Å². The molecule has 166 valence electrons. The van der Waals surface area contributed by atoms with Crippen LogP contribution in [-0.4, -0.2) is 36.7 Å². The number of benzene rings is 2. The van der Waals surface area contributed by atoms with E-state index in [1.165, 1.54) is 6.07 Å². The van der Waals surface area contributed by atoms with Crippen LogP contribution in [0.3, 0.4) is 0 Å². The Bertz CT molecular complexity index is 1380. The molecule has 0 saturated heterocycles. The molecule has 32 heavy (non-hydrogen) atoms. The summed E-state index contributed by atoms with van der Waals surface area (Å²) in [6.07, 6.45) is 5.12. The Kier molecular flexibility index (Phi) is 4.97. The maximum atomic E-state index is 10.7. The van der Waals surface area contributed by atoms with Gasteiger partial charge in [-0.3, -0.25) is 9.67 Å². The molecule has 1 aliphatic rings. The van der Waals surface area contributed by atoms with E-state index in [1.807, 2.05) is 22.8 Å². The van der Waals surface area contributed by atoms with Crippen molar-refractivity contribution in [2.75, 3.05) is 7.11 Å². The molecule has 1 atom stereocenters. The third-order valence-corrected chi connectivity index (χ3v) is 6.69. The molecule has 1 aliphatic carbocycles. The molecule has 1 saturated carbocycles. The first kappa shape index (κ1) is 20.6. The van der Waals surface area contributed by atoms with Crippen LogP contribution in [0.25, 0.3) is 28.0 Å². The zero-order valence-corrected chi connectivity index (χ0v) is 19.1. The second kappa shape index (κ2) is 7.70. The Balaban J connectivity index is 1.76. The van der Waals surface area contributed by atoms with Crippen LogP contribution in [0.1, 0.15) is 50.6 Å². The smallest absolute Gasteiger partial charge is 0.200 e. The van der Waals surface area contributed by atoms with Crippen LogP contribution in [0, 0.1) is 4.77 Å². The van der Waals surface area contributed by atoms with Crippen LogP contribution < -0.4 is 4.74 Å². The quantitative estimate of drug-likeness (QED) is 0.322. The van der Waals surface area contributed by atoms with E-state index >= 15 is 0 Å². The van der Waals surface area contributed by atoms with E-state index in [0.717, 1.165) is 47.2 Å². The van der Waals surface area contributed by atoms with Crippen molar-refractivity contribution in [3.63, 3.8) is 0 Å². The fourth-order valence-electron chi connectivity index (χ4n) is 4.36. The van der Waals surface area contributed by atoms with Gasteiger partial charge in [-0.05, 0) is 74.2 Å². The molecule has 2 aromatic carbocycles. The van der Waals surface area contributed by atoms with Crippen LogP contribution >= 0.6 is 12.2 Å². The zero-order valence-electron chi connectivity index (χ0n) is 18.3. The normalized spacial score (nSPS) is 14.7. The number of nitrogens with one attached hydrogen (secondary N) is 1. The van der Waals surface area contributed by atoms with E-state index in [2.05, 4.69) is 40.9 Å². The molecule has 3 N–H and O–H groups in total. The van der Waals surface area contributed by atoms with Gasteiger partial charge in [-0.1, -0.05) is 6.92 Å². The number of H-pyrrole nitrogens is 1. The van der Waals surface area contributed by atoms with Gasteiger partial charge in [0.25, 0.3) is 0 Å². The summed E-state index contributed by atoms with van der Waals surface area (Å²) in [6, 6.07) is 9.47. The minimum absolute atomic E-state index is 0.0379. The summed E-state index contributed by atoms with van der Waals surface area (Å²) in [5.41, 5.74) is 3.20. The van der Waals surface area contributed by atoms with Crippen molar-refractivity contribution in [1.29, 1.82) is 0 Å². The molecule has 7 nitrogen and oxygen atoms in total. The predicted octanol–water partition coefficient (Wildman–Crippen LogP) is 5.82. The molecular weight excluding hydrogens is 424 g/mol. The summed E-state index contributed by atoms with van der Waals surface area (Å²) in [5, 5.41) is 29.3. The molecule has 1 unspecified atom stereocenters. The third-order valence-electron chi connectivity index (χ3n) is 6.42. The van der Waals surface area contributed by atoms with Gasteiger partial charge in [-0.15, -0.1) is 0 Å². The molecule has 5 rings (SSSR count). The van der Waals surface area contributed by atoms with Gasteiger partial charge in [0, 0.05) is 23.7 Å². The number of rotatable bonds is 6. The maximum Gasteiger partial charge on any atom is 0.200 e. The van der Waals surface area contributed by atoms with E-state index in [1.54, 1.807) is 7.11 Å². The lowest BCUT2D eigenvalue weighted by Gasteiger charge is -2.17. The van der Waals surface area contributed by atoms with E-state index in [0.29, 0.717) is 28.1 Å². The summed E-state index contributed by atoms with van der Waals surface area (Å²) in [5.74, 6) is 1.68. The molecular formula is C24H26N4O3S. The number of phenols is 2. The third kappa shape index (κ3) is 3.17. The Morgan fingerprint density at radius 2 is 2.00 bits per heavy atom. The summed E-state index contributed by atoms with van der Waals surface area (Å²) < 4.78 is 10.1. The fourth-order valence-corrected chi connectivity index (χ4v) is 4.59. The molecule has 1 fully saturated rings. The van der Waals surface area contributed by atoms with Crippen molar-refractivity contribution in [3.8, 4) is 34.3 Å². The average molecular weight is 451 g/mol. The Morgan fingerprint density at radius 1 is 1.22 bits per heavy atom. The standard InChI is InChI=1S/C24H26N4O3S/c1-4-13(2)27-10-9-15-18(7-8-21(31-3)22(15)27)28-23(25-26-24(28)32)17-11-16(14-5-6-14)19(29)12-20(17)30/h7-14,29-30H,4-6H2,1-3H3,(H,26,32). The molecule has 8 heteroatoms. The number of phenolic OH excluding ortho intramolecular Hbond substituents is 2. The monoisotopic (exact) mass is 450 g/mol. The molecule has 0 spiro atoms. The maximum absolute atomic E-state index is 10.7. The molecule has 0 amide bonds. The van der Waals surface area contributed by atoms with Crippen LogP contribution in [0.15, 0.2) is 36.5 Å². The van der Waals surface area contributed by atoms with Gasteiger partial charge in [0.2, 0.25) is 0 Å². The number of aromatic amines is 1. The van der Waals surface area contributed by atoms with Crippen molar-refractivity contribution in [1.82, 2.24) is 19.3 Å². The number of ether oxygens (including phenoxy) is 1. The van der Waals surface area contributed by atoms with E-state index in [-0.39, 0.29) is 11.5 Å². The topological polar surface area (TPSA) is 88.2 Å². The SMILES string of the molecule is CCC(C)n1ccc2c(-n3c(-c4cc(C5CC5)c(O)cc4O)n[nH]c3=S)ccc(OC)c21. The van der Waals surface area contributed by atoms with Gasteiger partial charge in [0.15, 0.2) is 10.6 Å². The summed E-state index contributed by atoms with van der Waals surface area (Å²) in [4.78, 5) is 0. The van der Waals surface area contributed by atoms with Gasteiger partial charge in [0.1, 0.15) is 17.2 Å². The van der Waals surface area contributed by atoms with Gasteiger partial charge in [-0.2, -0.15) is 5.10 Å². The molecule has 0 aliphatic heterocycles. The minimum Gasteiger partial charge on any atom is -0.508 e. The number of methoxy groups -OCH3 is 1. The first-order valence-corrected chi connectivity index (χ1v) is 11.3. The minimum atomic E-state index is -0.0379. The number of nitrogens with zero attached hydrogens (tertiary/aromatic N) is 3. The number of aromatic nitrogens is 4. The first-order valence-electron chi connectivity index (χ1n) is 10.9. The van der Waals surface area contributed by atoms with Crippen molar-refractivity contribution >= 4 is 23.1 Å². The highest BCUT2D eigenvalue weighted by molar-refractivity contribution is 7.71. The molecule has 2 heterocycles. The summed E-state index contributed by atoms with van der Waals surface area (Å²) in [6.45, 7) is 4.33. The molecule has 2 aromatic heterocycles. The van der Waals surface area contributed by atoms with Gasteiger partial charge in [0.05, 0.1) is 23.9 Å².